The topological polar surface area (TPSA) is 25.8 Å². The molecule has 0 radical (unpaired) electrons. The second kappa shape index (κ2) is 3.26. The molecule has 1 aromatic rings. The SMILES string of the molecule is C[C@@H]1Cc2cnc(Cl)nc2C[C@H]1C. The normalized spacial score (nSPS) is 27.0. The minimum absolute atomic E-state index is 0.375. The van der Waals surface area contributed by atoms with Gasteiger partial charge >= 0.3 is 0 Å². The van der Waals surface area contributed by atoms with E-state index in [-0.39, 0.29) is 0 Å². The maximum atomic E-state index is 5.74. The highest BCUT2D eigenvalue weighted by Gasteiger charge is 2.23. The van der Waals surface area contributed by atoms with Gasteiger partial charge in [0.2, 0.25) is 5.28 Å². The summed E-state index contributed by atoms with van der Waals surface area (Å²) >= 11 is 5.74. The molecule has 0 saturated carbocycles. The Morgan fingerprint density at radius 3 is 2.77 bits per heavy atom. The predicted molar refractivity (Wildman–Crippen MR) is 52.8 cm³/mol. The molecule has 13 heavy (non-hydrogen) atoms. The van der Waals surface area contributed by atoms with E-state index in [2.05, 4.69) is 23.8 Å². The van der Waals surface area contributed by atoms with Crippen molar-refractivity contribution in [3.05, 3.63) is 22.7 Å². The Morgan fingerprint density at radius 1 is 1.31 bits per heavy atom. The van der Waals surface area contributed by atoms with Crippen molar-refractivity contribution < 1.29 is 0 Å². The Labute approximate surface area is 83.4 Å². The molecule has 0 N–H and O–H groups in total. The van der Waals surface area contributed by atoms with Crippen molar-refractivity contribution in [1.82, 2.24) is 9.97 Å². The highest BCUT2D eigenvalue weighted by molar-refractivity contribution is 6.28. The number of aromatic nitrogens is 2. The molecule has 1 aliphatic carbocycles. The van der Waals surface area contributed by atoms with Crippen LogP contribution >= 0.6 is 11.6 Å². The van der Waals surface area contributed by atoms with Crippen molar-refractivity contribution in [3.63, 3.8) is 0 Å². The fraction of sp³-hybridized carbons (Fsp3) is 0.600. The van der Waals surface area contributed by atoms with E-state index in [1.165, 1.54) is 5.56 Å². The molecule has 1 heterocycles. The minimum atomic E-state index is 0.375. The van der Waals surface area contributed by atoms with Gasteiger partial charge in [0.1, 0.15) is 0 Å². The third-order valence-corrected chi connectivity index (χ3v) is 3.14. The maximum Gasteiger partial charge on any atom is 0.222 e. The summed E-state index contributed by atoms with van der Waals surface area (Å²) in [6.45, 7) is 4.55. The first-order valence-electron chi connectivity index (χ1n) is 4.67. The van der Waals surface area contributed by atoms with Crippen molar-refractivity contribution in [2.45, 2.75) is 26.7 Å². The number of hydrogen-bond acceptors (Lipinski definition) is 2. The van der Waals surface area contributed by atoms with Gasteiger partial charge in [0.15, 0.2) is 0 Å². The molecule has 3 heteroatoms. The van der Waals surface area contributed by atoms with E-state index in [1.54, 1.807) is 0 Å². The van der Waals surface area contributed by atoms with Gasteiger partial charge in [0.05, 0.1) is 0 Å². The van der Waals surface area contributed by atoms with Crippen molar-refractivity contribution in [2.75, 3.05) is 0 Å². The van der Waals surface area contributed by atoms with Gasteiger partial charge in [-0.2, -0.15) is 0 Å². The molecule has 2 rings (SSSR count). The molecule has 0 fully saturated rings. The number of halogens is 1. The molecule has 0 bridgehead atoms. The van der Waals surface area contributed by atoms with Gasteiger partial charge in [-0.1, -0.05) is 13.8 Å². The smallest absolute Gasteiger partial charge is 0.222 e. The molecule has 0 amide bonds. The Bertz CT molecular complexity index is 325. The van der Waals surface area contributed by atoms with E-state index < -0.39 is 0 Å². The maximum absolute atomic E-state index is 5.74. The van der Waals surface area contributed by atoms with Gasteiger partial charge in [-0.3, -0.25) is 0 Å². The monoisotopic (exact) mass is 196 g/mol. The third-order valence-electron chi connectivity index (χ3n) is 2.95. The van der Waals surface area contributed by atoms with Crippen LogP contribution in [0.15, 0.2) is 6.20 Å². The second-order valence-electron chi connectivity index (χ2n) is 3.97. The van der Waals surface area contributed by atoms with Crippen molar-refractivity contribution >= 4 is 11.6 Å². The summed E-state index contributed by atoms with van der Waals surface area (Å²) in [4.78, 5) is 8.26. The lowest BCUT2D eigenvalue weighted by Crippen LogP contribution is -2.22. The van der Waals surface area contributed by atoms with Crippen LogP contribution in [0.25, 0.3) is 0 Å². The van der Waals surface area contributed by atoms with Crippen LogP contribution in [0.5, 0.6) is 0 Å². The van der Waals surface area contributed by atoms with Crippen molar-refractivity contribution in [2.24, 2.45) is 11.8 Å². The highest BCUT2D eigenvalue weighted by atomic mass is 35.5. The molecule has 2 nitrogen and oxygen atoms in total. The summed E-state index contributed by atoms with van der Waals surface area (Å²) in [6, 6.07) is 0. The lowest BCUT2D eigenvalue weighted by atomic mass is 9.80. The summed E-state index contributed by atoms with van der Waals surface area (Å²) in [6.07, 6.45) is 4.00. The fourth-order valence-corrected chi connectivity index (χ4v) is 1.97. The molecule has 0 aromatic carbocycles. The van der Waals surface area contributed by atoms with E-state index in [0.717, 1.165) is 24.5 Å². The molecule has 1 aliphatic rings. The number of hydrogen-bond donors (Lipinski definition) is 0. The van der Waals surface area contributed by atoms with E-state index >= 15 is 0 Å². The fourth-order valence-electron chi connectivity index (χ4n) is 1.82. The molecule has 0 unspecified atom stereocenters. The standard InChI is InChI=1S/C10H13ClN2/c1-6-3-8-5-12-10(11)13-9(8)4-7(6)2/h5-7H,3-4H2,1-2H3/t6-,7-/m1/s1. The van der Waals surface area contributed by atoms with Crippen LogP contribution in [-0.2, 0) is 12.8 Å². The van der Waals surface area contributed by atoms with Crippen LogP contribution in [0.2, 0.25) is 5.28 Å². The van der Waals surface area contributed by atoms with Crippen LogP contribution in [-0.4, -0.2) is 9.97 Å². The first kappa shape index (κ1) is 8.95. The average molecular weight is 197 g/mol. The molecular weight excluding hydrogens is 184 g/mol. The Kier molecular flexibility index (Phi) is 2.24. The average Bonchev–Trinajstić information content (AvgIpc) is 2.08. The number of nitrogens with zero attached hydrogens (tertiary/aromatic N) is 2. The van der Waals surface area contributed by atoms with Crippen molar-refractivity contribution in [1.29, 1.82) is 0 Å². The molecular formula is C10H13ClN2. The van der Waals surface area contributed by atoms with Crippen LogP contribution in [0, 0.1) is 11.8 Å². The Balaban J connectivity index is 2.37. The summed E-state index contributed by atoms with van der Waals surface area (Å²) < 4.78 is 0. The van der Waals surface area contributed by atoms with E-state index in [1.807, 2.05) is 6.20 Å². The van der Waals surface area contributed by atoms with E-state index in [0.29, 0.717) is 11.2 Å². The zero-order valence-corrected chi connectivity index (χ0v) is 8.67. The molecule has 0 spiro atoms. The number of fused-ring (bicyclic) bond motifs is 1. The van der Waals surface area contributed by atoms with Gasteiger partial charge in [-0.15, -0.1) is 0 Å². The van der Waals surface area contributed by atoms with Crippen LogP contribution in [0.3, 0.4) is 0 Å². The largest absolute Gasteiger partial charge is 0.226 e. The molecule has 1 aromatic heterocycles. The Morgan fingerprint density at radius 2 is 2.00 bits per heavy atom. The van der Waals surface area contributed by atoms with E-state index in [4.69, 9.17) is 11.6 Å². The predicted octanol–water partition coefficient (Wildman–Crippen LogP) is 2.50. The van der Waals surface area contributed by atoms with Gasteiger partial charge in [0, 0.05) is 11.9 Å². The van der Waals surface area contributed by atoms with E-state index in [9.17, 15) is 0 Å². The number of rotatable bonds is 0. The zero-order chi connectivity index (χ0) is 9.42. The summed E-state index contributed by atoms with van der Waals surface area (Å²) in [7, 11) is 0. The van der Waals surface area contributed by atoms with Gasteiger partial charge < -0.3 is 0 Å². The van der Waals surface area contributed by atoms with Crippen molar-refractivity contribution in [3.8, 4) is 0 Å². The molecule has 0 saturated heterocycles. The molecule has 0 aliphatic heterocycles. The second-order valence-corrected chi connectivity index (χ2v) is 4.31. The molecule has 2 atom stereocenters. The quantitative estimate of drug-likeness (QED) is 0.596. The first-order chi connectivity index (χ1) is 6.16. The van der Waals surface area contributed by atoms with Gasteiger partial charge in [-0.25, -0.2) is 9.97 Å². The summed E-state index contributed by atoms with van der Waals surface area (Å²) in [5.41, 5.74) is 2.42. The Hall–Kier alpha value is -0.630. The van der Waals surface area contributed by atoms with Crippen LogP contribution in [0.1, 0.15) is 25.1 Å². The summed E-state index contributed by atoms with van der Waals surface area (Å²) in [5.74, 6) is 1.44. The zero-order valence-electron chi connectivity index (χ0n) is 7.92. The minimum Gasteiger partial charge on any atom is -0.226 e. The third kappa shape index (κ3) is 1.68. The molecule has 70 valence electrons. The highest BCUT2D eigenvalue weighted by Crippen LogP contribution is 2.28. The van der Waals surface area contributed by atoms with Crippen LogP contribution < -0.4 is 0 Å². The van der Waals surface area contributed by atoms with Gasteiger partial charge in [0.25, 0.3) is 0 Å². The lowest BCUT2D eigenvalue weighted by Gasteiger charge is -2.26. The first-order valence-corrected chi connectivity index (χ1v) is 5.05. The van der Waals surface area contributed by atoms with Gasteiger partial charge in [-0.05, 0) is 41.8 Å². The van der Waals surface area contributed by atoms with Crippen LogP contribution in [0.4, 0.5) is 0 Å². The lowest BCUT2D eigenvalue weighted by molar-refractivity contribution is 0.355. The summed E-state index contributed by atoms with van der Waals surface area (Å²) in [5, 5.41) is 0.375.